The van der Waals surface area contributed by atoms with Crippen LogP contribution in [0.25, 0.3) is 0 Å². The first-order valence-electron chi connectivity index (χ1n) is 8.74. The Balaban J connectivity index is 1.83. The quantitative estimate of drug-likeness (QED) is 0.436. The second-order valence-corrected chi connectivity index (χ2v) is 7.23. The van der Waals surface area contributed by atoms with Crippen molar-refractivity contribution in [3.63, 3.8) is 0 Å². The molecule has 1 aromatic heterocycles. The van der Waals surface area contributed by atoms with Crippen LogP contribution in [0.1, 0.15) is 39.3 Å². The molecule has 0 fully saturated rings. The van der Waals surface area contributed by atoms with Crippen molar-refractivity contribution in [1.29, 1.82) is 0 Å². The molecule has 7 heteroatoms. The van der Waals surface area contributed by atoms with Gasteiger partial charge in [-0.15, -0.1) is 0 Å². The van der Waals surface area contributed by atoms with Gasteiger partial charge in [0, 0.05) is 17.0 Å². The van der Waals surface area contributed by atoms with Gasteiger partial charge in [-0.2, -0.15) is 0 Å². The van der Waals surface area contributed by atoms with Crippen molar-refractivity contribution in [3.05, 3.63) is 47.1 Å². The van der Waals surface area contributed by atoms with E-state index in [2.05, 4.69) is 41.4 Å². The smallest absolute Gasteiger partial charge is 0.216 e. The molecule has 0 saturated heterocycles. The van der Waals surface area contributed by atoms with Crippen molar-refractivity contribution in [1.82, 2.24) is 15.6 Å². The number of aromatic nitrogens is 1. The number of ether oxygens (including phenoxy) is 1. The van der Waals surface area contributed by atoms with Crippen molar-refractivity contribution < 1.29 is 9.15 Å². The largest absolute Gasteiger partial charge is 0.492 e. The molecule has 0 aliphatic carbocycles. The Bertz CT molecular complexity index is 722. The minimum atomic E-state index is -0.0601. The zero-order valence-electron chi connectivity index (χ0n) is 15.8. The summed E-state index contributed by atoms with van der Waals surface area (Å²) in [5.41, 5.74) is -0.0601. The molecule has 2 N–H and O–H groups in total. The number of aliphatic imine (C=N–C) groups is 1. The Morgan fingerprint density at radius 2 is 2.12 bits per heavy atom. The van der Waals surface area contributed by atoms with Gasteiger partial charge in [-0.1, -0.05) is 38.4 Å². The number of nitrogens with zero attached hydrogens (tertiary/aromatic N) is 2. The topological polar surface area (TPSA) is 71.7 Å². The molecule has 0 spiro atoms. The molecule has 142 valence electrons. The Labute approximate surface area is 160 Å². The minimum Gasteiger partial charge on any atom is -0.492 e. The third-order valence-corrected chi connectivity index (χ3v) is 3.70. The maximum Gasteiger partial charge on any atom is 0.216 e. The van der Waals surface area contributed by atoms with Gasteiger partial charge >= 0.3 is 0 Å². The van der Waals surface area contributed by atoms with E-state index < -0.39 is 0 Å². The van der Waals surface area contributed by atoms with Gasteiger partial charge in [-0.3, -0.25) is 0 Å². The summed E-state index contributed by atoms with van der Waals surface area (Å²) in [7, 11) is 0. The Kier molecular flexibility index (Phi) is 7.33. The van der Waals surface area contributed by atoms with Crippen LogP contribution in [0, 0.1) is 0 Å². The van der Waals surface area contributed by atoms with Gasteiger partial charge in [0.1, 0.15) is 24.7 Å². The van der Waals surface area contributed by atoms with Crippen LogP contribution in [0.3, 0.4) is 0 Å². The van der Waals surface area contributed by atoms with Gasteiger partial charge in [0.25, 0.3) is 0 Å². The number of guanidine groups is 1. The molecule has 6 nitrogen and oxygen atoms in total. The zero-order valence-corrected chi connectivity index (χ0v) is 16.6. The number of hydrogen-bond acceptors (Lipinski definition) is 4. The lowest BCUT2D eigenvalue weighted by molar-refractivity contribution is 0.322. The average Bonchev–Trinajstić information content (AvgIpc) is 3.06. The first kappa shape index (κ1) is 20.1. The molecule has 0 amide bonds. The summed E-state index contributed by atoms with van der Waals surface area (Å²) in [6.45, 7) is 10.5. The highest BCUT2D eigenvalue weighted by Crippen LogP contribution is 2.22. The lowest BCUT2D eigenvalue weighted by Crippen LogP contribution is -2.39. The molecule has 0 atom stereocenters. The van der Waals surface area contributed by atoms with E-state index >= 15 is 0 Å². The summed E-state index contributed by atoms with van der Waals surface area (Å²) in [5, 5.41) is 7.07. The summed E-state index contributed by atoms with van der Waals surface area (Å²) >= 11 is 5.94. The summed E-state index contributed by atoms with van der Waals surface area (Å²) < 4.78 is 11.4. The van der Waals surface area contributed by atoms with Crippen LogP contribution in [0.4, 0.5) is 0 Å². The van der Waals surface area contributed by atoms with Crippen molar-refractivity contribution in [2.45, 2.75) is 39.7 Å². The van der Waals surface area contributed by atoms with Crippen LogP contribution in [0.15, 0.2) is 39.9 Å². The third-order valence-electron chi connectivity index (χ3n) is 3.47. The molecule has 2 rings (SSSR count). The van der Waals surface area contributed by atoms with E-state index in [1.807, 2.05) is 25.1 Å². The molecule has 0 radical (unpaired) electrons. The van der Waals surface area contributed by atoms with Gasteiger partial charge in [0.2, 0.25) is 5.89 Å². The number of hydrogen-bond donors (Lipinski definition) is 2. The third kappa shape index (κ3) is 6.59. The first-order chi connectivity index (χ1) is 12.4. The lowest BCUT2D eigenvalue weighted by Gasteiger charge is -2.13. The van der Waals surface area contributed by atoms with Crippen LogP contribution in [0.2, 0.25) is 5.02 Å². The number of oxazole rings is 1. The van der Waals surface area contributed by atoms with Gasteiger partial charge in [-0.05, 0) is 25.1 Å². The van der Waals surface area contributed by atoms with Gasteiger partial charge in [0.05, 0.1) is 12.7 Å². The average molecular weight is 379 g/mol. The van der Waals surface area contributed by atoms with E-state index in [9.17, 15) is 0 Å². The van der Waals surface area contributed by atoms with Gasteiger partial charge < -0.3 is 19.8 Å². The Morgan fingerprint density at radius 3 is 2.77 bits per heavy atom. The Hall–Kier alpha value is -2.21. The molecule has 0 aliphatic rings. The zero-order chi connectivity index (χ0) is 19.0. The van der Waals surface area contributed by atoms with Crippen LogP contribution in [0.5, 0.6) is 5.75 Å². The summed E-state index contributed by atoms with van der Waals surface area (Å²) in [6, 6.07) is 7.34. The van der Waals surface area contributed by atoms with Crippen molar-refractivity contribution in [2.75, 3.05) is 19.7 Å². The SMILES string of the molecule is CCNC(=NCc1ncc(C(C)(C)C)o1)NCCOc1cccc(Cl)c1. The number of nitrogens with one attached hydrogen (secondary N) is 2. The molecule has 1 heterocycles. The monoisotopic (exact) mass is 378 g/mol. The number of rotatable bonds is 7. The van der Waals surface area contributed by atoms with Crippen LogP contribution in [-0.4, -0.2) is 30.6 Å². The molecular formula is C19H27ClN4O2. The van der Waals surface area contributed by atoms with Crippen molar-refractivity contribution in [2.24, 2.45) is 4.99 Å². The highest BCUT2D eigenvalue weighted by Gasteiger charge is 2.18. The minimum absolute atomic E-state index is 0.0601. The van der Waals surface area contributed by atoms with E-state index in [0.29, 0.717) is 36.6 Å². The normalized spacial score (nSPS) is 12.1. The van der Waals surface area contributed by atoms with E-state index in [1.165, 1.54) is 0 Å². The predicted octanol–water partition coefficient (Wildman–Crippen LogP) is 3.76. The number of halogens is 1. The fourth-order valence-corrected chi connectivity index (χ4v) is 2.29. The Morgan fingerprint density at radius 1 is 1.31 bits per heavy atom. The van der Waals surface area contributed by atoms with E-state index in [0.717, 1.165) is 18.1 Å². The summed E-state index contributed by atoms with van der Waals surface area (Å²) in [4.78, 5) is 8.79. The standard InChI is InChI=1S/C19H27ClN4O2/c1-5-21-18(22-9-10-25-15-8-6-7-14(20)11-15)24-13-17-23-12-16(26-17)19(2,3)4/h6-8,11-12H,5,9-10,13H2,1-4H3,(H2,21,22,24). The van der Waals surface area contributed by atoms with Gasteiger partial charge in [-0.25, -0.2) is 9.98 Å². The summed E-state index contributed by atoms with van der Waals surface area (Å²) in [6.07, 6.45) is 1.77. The molecule has 2 aromatic rings. The molecule has 0 bridgehead atoms. The van der Waals surface area contributed by atoms with Gasteiger partial charge in [0.15, 0.2) is 5.96 Å². The predicted molar refractivity (Wildman–Crippen MR) is 105 cm³/mol. The van der Waals surface area contributed by atoms with Crippen LogP contribution < -0.4 is 15.4 Å². The van der Waals surface area contributed by atoms with Crippen LogP contribution in [-0.2, 0) is 12.0 Å². The highest BCUT2D eigenvalue weighted by molar-refractivity contribution is 6.30. The van der Waals surface area contributed by atoms with E-state index in [-0.39, 0.29) is 5.41 Å². The van der Waals surface area contributed by atoms with Crippen molar-refractivity contribution >= 4 is 17.6 Å². The van der Waals surface area contributed by atoms with E-state index in [4.69, 9.17) is 20.8 Å². The molecule has 0 unspecified atom stereocenters. The van der Waals surface area contributed by atoms with E-state index in [1.54, 1.807) is 12.3 Å². The van der Waals surface area contributed by atoms with Crippen molar-refractivity contribution in [3.8, 4) is 5.75 Å². The summed E-state index contributed by atoms with van der Waals surface area (Å²) in [5.74, 6) is 2.89. The second kappa shape index (κ2) is 9.48. The fourth-order valence-electron chi connectivity index (χ4n) is 2.11. The molecule has 1 aromatic carbocycles. The maximum absolute atomic E-state index is 5.94. The number of benzene rings is 1. The first-order valence-corrected chi connectivity index (χ1v) is 9.12. The highest BCUT2D eigenvalue weighted by atomic mass is 35.5. The molecule has 0 aliphatic heterocycles. The van der Waals surface area contributed by atoms with Crippen LogP contribution >= 0.6 is 11.6 Å². The second-order valence-electron chi connectivity index (χ2n) is 6.80. The molecule has 0 saturated carbocycles. The lowest BCUT2D eigenvalue weighted by atomic mass is 9.94. The maximum atomic E-state index is 5.94. The molecule has 26 heavy (non-hydrogen) atoms. The fraction of sp³-hybridized carbons (Fsp3) is 0.474. The molecular weight excluding hydrogens is 352 g/mol.